The van der Waals surface area contributed by atoms with Gasteiger partial charge in [-0.05, 0) is 116 Å². The Balaban J connectivity index is 0.929. The summed E-state index contributed by atoms with van der Waals surface area (Å²) in [4.78, 5) is 2.40. The number of allylic oxidation sites excluding steroid dienone is 13. The molecule has 0 N–H and O–H groups in total. The molecular formula is C62H49N. The van der Waals surface area contributed by atoms with Gasteiger partial charge in [0.05, 0.1) is 0 Å². The van der Waals surface area contributed by atoms with Crippen LogP contribution < -0.4 is 4.90 Å². The minimum absolute atomic E-state index is 0.412. The van der Waals surface area contributed by atoms with Crippen LogP contribution in [0.3, 0.4) is 0 Å². The van der Waals surface area contributed by atoms with Crippen molar-refractivity contribution in [1.29, 1.82) is 0 Å². The zero-order chi connectivity index (χ0) is 42.0. The molecule has 0 aromatic heterocycles. The molecule has 0 heterocycles. The van der Waals surface area contributed by atoms with E-state index in [1.165, 1.54) is 61.2 Å². The van der Waals surface area contributed by atoms with Gasteiger partial charge >= 0.3 is 0 Å². The molecule has 1 heteroatoms. The molecular weight excluding hydrogens is 759 g/mol. The molecule has 0 amide bonds. The standard InChI is InChI=1S/C62H49N/c1-3-13-45(14-4-1)47-26-28-49(29-27-47)50-38-40-57(41-39-50)63(59-22-11-20-56(43-59)51-32-30-48(31-33-51)46-15-5-2-6-16-46)58-21-9-12-44(42-58)24-25-53-18-10-19-54-36-37-55-35-34-52-17-7-8-23-60(52)62(55)61(53)54/h1-7,9-22,24-43,54-55,61-62H,8,23H2. The van der Waals surface area contributed by atoms with E-state index in [1.54, 1.807) is 5.57 Å². The highest BCUT2D eigenvalue weighted by Gasteiger charge is 2.40. The normalized spacial score (nSPS) is 19.7. The van der Waals surface area contributed by atoms with E-state index in [0.29, 0.717) is 23.7 Å². The van der Waals surface area contributed by atoms with Crippen LogP contribution in [0.25, 0.3) is 50.6 Å². The molecule has 0 radical (unpaired) electrons. The maximum Gasteiger partial charge on any atom is 0.0467 e. The van der Waals surface area contributed by atoms with Crippen LogP contribution in [-0.2, 0) is 0 Å². The molecule has 0 spiro atoms. The third-order valence-electron chi connectivity index (χ3n) is 13.4. The number of benzene rings is 7. The topological polar surface area (TPSA) is 3.24 Å². The van der Waals surface area contributed by atoms with Gasteiger partial charge in [-0.15, -0.1) is 0 Å². The first kappa shape index (κ1) is 38.4. The maximum atomic E-state index is 2.46. The van der Waals surface area contributed by atoms with E-state index in [0.717, 1.165) is 29.9 Å². The van der Waals surface area contributed by atoms with E-state index >= 15 is 0 Å². The second kappa shape index (κ2) is 17.1. The summed E-state index contributed by atoms with van der Waals surface area (Å²) in [5, 5.41) is 0. The monoisotopic (exact) mass is 807 g/mol. The lowest BCUT2D eigenvalue weighted by atomic mass is 9.60. The van der Waals surface area contributed by atoms with E-state index < -0.39 is 0 Å². The highest BCUT2D eigenvalue weighted by atomic mass is 15.1. The van der Waals surface area contributed by atoms with Gasteiger partial charge in [-0.2, -0.15) is 0 Å². The van der Waals surface area contributed by atoms with Crippen molar-refractivity contribution in [2.75, 3.05) is 4.90 Å². The van der Waals surface area contributed by atoms with Gasteiger partial charge in [-0.1, -0.05) is 218 Å². The van der Waals surface area contributed by atoms with Gasteiger partial charge in [-0.25, -0.2) is 0 Å². The lowest BCUT2D eigenvalue weighted by Crippen LogP contribution is -2.35. The summed E-state index contributed by atoms with van der Waals surface area (Å²) in [5.74, 6) is 1.80. The first-order chi connectivity index (χ1) is 31.2. The zero-order valence-electron chi connectivity index (χ0n) is 35.3. The Hall–Kier alpha value is -7.48. The van der Waals surface area contributed by atoms with Crippen LogP contribution in [-0.4, -0.2) is 0 Å². The van der Waals surface area contributed by atoms with Gasteiger partial charge in [0.1, 0.15) is 0 Å². The van der Waals surface area contributed by atoms with E-state index in [1.807, 2.05) is 0 Å². The summed E-state index contributed by atoms with van der Waals surface area (Å²) >= 11 is 0. The zero-order valence-corrected chi connectivity index (χ0v) is 35.3. The highest BCUT2D eigenvalue weighted by Crippen LogP contribution is 2.50. The van der Waals surface area contributed by atoms with Gasteiger partial charge in [0.25, 0.3) is 0 Å². The van der Waals surface area contributed by atoms with Crippen LogP contribution in [0.5, 0.6) is 0 Å². The molecule has 0 aliphatic heterocycles. The maximum absolute atomic E-state index is 2.46. The number of hydrogen-bond donors (Lipinski definition) is 0. The minimum Gasteiger partial charge on any atom is -0.310 e. The molecule has 0 saturated heterocycles. The van der Waals surface area contributed by atoms with E-state index in [2.05, 4.69) is 254 Å². The lowest BCUT2D eigenvalue weighted by molar-refractivity contribution is 0.311. The van der Waals surface area contributed by atoms with Crippen LogP contribution in [0.1, 0.15) is 18.4 Å². The molecule has 7 aromatic carbocycles. The summed E-state index contributed by atoms with van der Waals surface area (Å²) in [6, 6.07) is 66.0. The van der Waals surface area contributed by atoms with Crippen LogP contribution in [0, 0.1) is 23.7 Å². The SMILES string of the molecule is C1=CC2C=CC3C=CC4=C(CCC=C4)C3C2C(C=Cc2cccc(N(c3ccc(-c4ccc(-c5ccccc5)cc4)cc3)c3cccc(-c4ccc(-c5ccccc5)cc4)c3)c2)=C1. The fraction of sp³-hybridized carbons (Fsp3) is 0.0968. The predicted molar refractivity (Wildman–Crippen MR) is 267 cm³/mol. The van der Waals surface area contributed by atoms with Crippen molar-refractivity contribution in [3.8, 4) is 44.5 Å². The summed E-state index contributed by atoms with van der Waals surface area (Å²) in [5.41, 5.74) is 18.7. The first-order valence-electron chi connectivity index (χ1n) is 22.5. The number of hydrogen-bond acceptors (Lipinski definition) is 1. The Morgan fingerprint density at radius 1 is 0.413 bits per heavy atom. The van der Waals surface area contributed by atoms with E-state index in [-0.39, 0.29) is 0 Å². The molecule has 1 nitrogen and oxygen atoms in total. The summed E-state index contributed by atoms with van der Waals surface area (Å²) in [7, 11) is 0. The Bertz CT molecular complexity index is 2970. The first-order valence-corrected chi connectivity index (χ1v) is 22.5. The minimum atomic E-state index is 0.412. The second-order valence-electron chi connectivity index (χ2n) is 17.2. The smallest absolute Gasteiger partial charge is 0.0467 e. The number of anilines is 3. The van der Waals surface area contributed by atoms with Crippen LogP contribution in [0.15, 0.2) is 259 Å². The molecule has 7 aromatic rings. The quantitative estimate of drug-likeness (QED) is 0.131. The average molecular weight is 808 g/mol. The Morgan fingerprint density at radius 3 is 1.60 bits per heavy atom. The molecule has 63 heavy (non-hydrogen) atoms. The van der Waals surface area contributed by atoms with Gasteiger partial charge < -0.3 is 4.90 Å². The molecule has 4 atom stereocenters. The summed E-state index contributed by atoms with van der Waals surface area (Å²) in [6.07, 6.45) is 28.5. The van der Waals surface area contributed by atoms with Crippen molar-refractivity contribution in [1.82, 2.24) is 0 Å². The van der Waals surface area contributed by atoms with Crippen molar-refractivity contribution in [2.45, 2.75) is 12.8 Å². The number of fused-ring (bicyclic) bond motifs is 4. The van der Waals surface area contributed by atoms with Crippen LogP contribution in [0.4, 0.5) is 17.1 Å². The van der Waals surface area contributed by atoms with Crippen molar-refractivity contribution < 1.29 is 0 Å². The van der Waals surface area contributed by atoms with Gasteiger partial charge in [0.15, 0.2) is 0 Å². The van der Waals surface area contributed by atoms with Gasteiger partial charge in [-0.3, -0.25) is 0 Å². The molecule has 0 saturated carbocycles. The molecule has 302 valence electrons. The Kier molecular flexibility index (Phi) is 10.4. The lowest BCUT2D eigenvalue weighted by Gasteiger charge is -2.44. The second-order valence-corrected chi connectivity index (χ2v) is 17.2. The van der Waals surface area contributed by atoms with E-state index in [4.69, 9.17) is 0 Å². The van der Waals surface area contributed by atoms with Crippen molar-refractivity contribution in [2.24, 2.45) is 23.7 Å². The highest BCUT2D eigenvalue weighted by molar-refractivity contribution is 5.83. The third-order valence-corrected chi connectivity index (χ3v) is 13.4. The third kappa shape index (κ3) is 7.84. The predicted octanol–water partition coefficient (Wildman–Crippen LogP) is 16.6. The van der Waals surface area contributed by atoms with Crippen molar-refractivity contribution >= 4 is 23.1 Å². The molecule has 4 aliphatic carbocycles. The van der Waals surface area contributed by atoms with E-state index in [9.17, 15) is 0 Å². The molecule has 11 rings (SSSR count). The summed E-state index contributed by atoms with van der Waals surface area (Å²) in [6.45, 7) is 0. The Labute approximate surface area is 372 Å². The van der Waals surface area contributed by atoms with Gasteiger partial charge in [0, 0.05) is 34.8 Å². The number of rotatable bonds is 9. The average Bonchev–Trinajstić information content (AvgIpc) is 3.36. The fourth-order valence-corrected chi connectivity index (χ4v) is 10.2. The summed E-state index contributed by atoms with van der Waals surface area (Å²) < 4.78 is 0. The molecule has 0 bridgehead atoms. The number of nitrogens with zero attached hydrogens (tertiary/aromatic N) is 1. The van der Waals surface area contributed by atoms with Crippen LogP contribution in [0.2, 0.25) is 0 Å². The largest absolute Gasteiger partial charge is 0.310 e. The molecule has 4 aliphatic rings. The fourth-order valence-electron chi connectivity index (χ4n) is 10.2. The molecule has 4 unspecified atom stereocenters. The van der Waals surface area contributed by atoms with Crippen molar-refractivity contribution in [3.63, 3.8) is 0 Å². The van der Waals surface area contributed by atoms with Crippen LogP contribution >= 0.6 is 0 Å². The van der Waals surface area contributed by atoms with Crippen molar-refractivity contribution in [3.05, 3.63) is 265 Å². The van der Waals surface area contributed by atoms with Gasteiger partial charge in [0.2, 0.25) is 0 Å². The Morgan fingerprint density at radius 2 is 0.952 bits per heavy atom. The molecule has 0 fully saturated rings.